The van der Waals surface area contributed by atoms with Crippen LogP contribution < -0.4 is 10.5 Å². The van der Waals surface area contributed by atoms with Gasteiger partial charge in [-0.05, 0) is 25.3 Å². The van der Waals surface area contributed by atoms with E-state index in [4.69, 9.17) is 10.5 Å². The monoisotopic (exact) mass is 241 g/mol. The zero-order valence-electron chi connectivity index (χ0n) is 8.98. The number of benzene rings is 1. The molecule has 2 aliphatic rings. The molecule has 1 aromatic rings. The highest BCUT2D eigenvalue weighted by Crippen LogP contribution is 2.50. The summed E-state index contributed by atoms with van der Waals surface area (Å²) < 4.78 is 5.93. The lowest BCUT2D eigenvalue weighted by molar-refractivity contribution is -0.0348. The fourth-order valence-corrected chi connectivity index (χ4v) is 2.59. The SMILES string of the molecule is Cl.NC1CC2(CCC2)Oc2c(O)cccc21. The van der Waals surface area contributed by atoms with Crippen molar-refractivity contribution in [2.75, 3.05) is 0 Å². The number of aromatic hydroxyl groups is 1. The van der Waals surface area contributed by atoms with Crippen molar-refractivity contribution in [2.45, 2.75) is 37.3 Å². The molecule has 4 heteroatoms. The number of nitrogens with two attached hydrogens (primary N) is 1. The molecule has 1 heterocycles. The van der Waals surface area contributed by atoms with Crippen molar-refractivity contribution in [3.8, 4) is 11.5 Å². The molecule has 1 aliphatic carbocycles. The Morgan fingerprint density at radius 1 is 1.38 bits per heavy atom. The molecule has 88 valence electrons. The smallest absolute Gasteiger partial charge is 0.166 e. The van der Waals surface area contributed by atoms with Crippen LogP contribution in [0.4, 0.5) is 0 Å². The minimum atomic E-state index is -0.0781. The van der Waals surface area contributed by atoms with Crippen molar-refractivity contribution in [3.63, 3.8) is 0 Å². The van der Waals surface area contributed by atoms with Gasteiger partial charge in [0.1, 0.15) is 5.60 Å². The molecule has 1 saturated carbocycles. The van der Waals surface area contributed by atoms with Crippen molar-refractivity contribution in [3.05, 3.63) is 23.8 Å². The molecule has 1 aromatic carbocycles. The van der Waals surface area contributed by atoms with Gasteiger partial charge in [-0.15, -0.1) is 12.4 Å². The number of phenolic OH excluding ortho intramolecular Hbond substituents is 1. The molecule has 0 saturated heterocycles. The molecule has 0 amide bonds. The van der Waals surface area contributed by atoms with Crippen LogP contribution in [0.15, 0.2) is 18.2 Å². The highest BCUT2D eigenvalue weighted by Gasteiger charge is 2.45. The van der Waals surface area contributed by atoms with Crippen LogP contribution in [0.5, 0.6) is 11.5 Å². The fourth-order valence-electron chi connectivity index (χ4n) is 2.59. The highest BCUT2D eigenvalue weighted by molar-refractivity contribution is 5.85. The molecule has 0 radical (unpaired) electrons. The predicted molar refractivity (Wildman–Crippen MR) is 64.1 cm³/mol. The average molecular weight is 242 g/mol. The van der Waals surface area contributed by atoms with Gasteiger partial charge in [0.05, 0.1) is 0 Å². The van der Waals surface area contributed by atoms with Crippen LogP contribution in [-0.2, 0) is 0 Å². The van der Waals surface area contributed by atoms with Crippen LogP contribution in [0.1, 0.15) is 37.3 Å². The molecular formula is C12H16ClNO2. The first kappa shape index (κ1) is 11.6. The molecule has 1 atom stereocenters. The van der Waals surface area contributed by atoms with Gasteiger partial charge in [0.25, 0.3) is 0 Å². The highest BCUT2D eigenvalue weighted by atomic mass is 35.5. The Labute approximate surface area is 101 Å². The number of hydrogen-bond donors (Lipinski definition) is 2. The summed E-state index contributed by atoms with van der Waals surface area (Å²) in [4.78, 5) is 0. The summed E-state index contributed by atoms with van der Waals surface area (Å²) >= 11 is 0. The molecule has 0 bridgehead atoms. The van der Waals surface area contributed by atoms with Crippen molar-refractivity contribution in [1.82, 2.24) is 0 Å². The van der Waals surface area contributed by atoms with Crippen LogP contribution in [-0.4, -0.2) is 10.7 Å². The maximum atomic E-state index is 9.75. The van der Waals surface area contributed by atoms with Crippen molar-refractivity contribution in [1.29, 1.82) is 0 Å². The van der Waals surface area contributed by atoms with E-state index in [1.165, 1.54) is 6.42 Å². The molecule has 0 aromatic heterocycles. The number of rotatable bonds is 0. The summed E-state index contributed by atoms with van der Waals surface area (Å²) in [6.07, 6.45) is 4.21. The van der Waals surface area contributed by atoms with E-state index in [0.29, 0.717) is 5.75 Å². The van der Waals surface area contributed by atoms with E-state index < -0.39 is 0 Å². The minimum absolute atomic E-state index is 0. The molecule has 1 spiro atoms. The number of fused-ring (bicyclic) bond motifs is 1. The molecule has 3 rings (SSSR count). The maximum absolute atomic E-state index is 9.75. The standard InChI is InChI=1S/C12H15NO2.ClH/c13-9-7-12(5-2-6-12)15-11-8(9)3-1-4-10(11)14;/h1,3-4,9,14H,2,5-7,13H2;1H. The maximum Gasteiger partial charge on any atom is 0.166 e. The first-order chi connectivity index (χ1) is 7.20. The number of ether oxygens (including phenoxy) is 1. The quantitative estimate of drug-likeness (QED) is 0.734. The van der Waals surface area contributed by atoms with E-state index in [-0.39, 0.29) is 29.8 Å². The van der Waals surface area contributed by atoms with Crippen LogP contribution >= 0.6 is 12.4 Å². The van der Waals surface area contributed by atoms with Gasteiger partial charge in [-0.1, -0.05) is 12.1 Å². The third kappa shape index (κ3) is 1.55. The van der Waals surface area contributed by atoms with Gasteiger partial charge in [0.2, 0.25) is 0 Å². The van der Waals surface area contributed by atoms with Crippen LogP contribution in [0.2, 0.25) is 0 Å². The Bertz CT molecular complexity index is 404. The zero-order chi connectivity index (χ0) is 10.5. The van der Waals surface area contributed by atoms with Gasteiger partial charge >= 0.3 is 0 Å². The molecule has 1 fully saturated rings. The second kappa shape index (κ2) is 3.82. The Hall–Kier alpha value is -0.930. The molecule has 1 aliphatic heterocycles. The van der Waals surface area contributed by atoms with Gasteiger partial charge in [-0.25, -0.2) is 0 Å². The van der Waals surface area contributed by atoms with Gasteiger partial charge in [0.15, 0.2) is 11.5 Å². The zero-order valence-corrected chi connectivity index (χ0v) is 9.80. The summed E-state index contributed by atoms with van der Waals surface area (Å²) in [5.74, 6) is 0.824. The van der Waals surface area contributed by atoms with E-state index in [9.17, 15) is 5.11 Å². The van der Waals surface area contributed by atoms with E-state index in [1.54, 1.807) is 6.07 Å². The Morgan fingerprint density at radius 3 is 2.75 bits per heavy atom. The van der Waals surface area contributed by atoms with Crippen LogP contribution in [0, 0.1) is 0 Å². The van der Waals surface area contributed by atoms with Gasteiger partial charge < -0.3 is 15.6 Å². The number of phenols is 1. The lowest BCUT2D eigenvalue weighted by atomic mass is 9.73. The van der Waals surface area contributed by atoms with Gasteiger partial charge in [-0.3, -0.25) is 0 Å². The van der Waals surface area contributed by atoms with Crippen molar-refractivity contribution < 1.29 is 9.84 Å². The first-order valence-corrected chi connectivity index (χ1v) is 5.47. The topological polar surface area (TPSA) is 55.5 Å². The molecule has 3 nitrogen and oxygen atoms in total. The van der Waals surface area contributed by atoms with Gasteiger partial charge in [0, 0.05) is 18.0 Å². The molecule has 1 unspecified atom stereocenters. The summed E-state index contributed by atoms with van der Waals surface area (Å²) in [5, 5.41) is 9.75. The van der Waals surface area contributed by atoms with E-state index >= 15 is 0 Å². The number of hydrogen-bond acceptors (Lipinski definition) is 3. The Balaban J connectivity index is 0.000000963. The third-order valence-corrected chi connectivity index (χ3v) is 3.60. The Morgan fingerprint density at radius 2 is 2.12 bits per heavy atom. The molecular weight excluding hydrogens is 226 g/mol. The van der Waals surface area contributed by atoms with Crippen molar-refractivity contribution >= 4 is 12.4 Å². The predicted octanol–water partition coefficient (Wildman–Crippen LogP) is 2.52. The fraction of sp³-hybridized carbons (Fsp3) is 0.500. The Kier molecular flexibility index (Phi) is 2.76. The van der Waals surface area contributed by atoms with Crippen LogP contribution in [0.25, 0.3) is 0 Å². The molecule has 16 heavy (non-hydrogen) atoms. The molecule has 3 N–H and O–H groups in total. The van der Waals surface area contributed by atoms with E-state index in [2.05, 4.69) is 0 Å². The minimum Gasteiger partial charge on any atom is -0.504 e. The number of halogens is 1. The van der Waals surface area contributed by atoms with Crippen molar-refractivity contribution in [2.24, 2.45) is 5.73 Å². The van der Waals surface area contributed by atoms with E-state index in [1.807, 2.05) is 12.1 Å². The first-order valence-electron chi connectivity index (χ1n) is 5.47. The lowest BCUT2D eigenvalue weighted by Crippen LogP contribution is -2.48. The number of para-hydroxylation sites is 1. The second-order valence-electron chi connectivity index (χ2n) is 4.64. The summed E-state index contributed by atoms with van der Waals surface area (Å²) in [6.45, 7) is 0. The third-order valence-electron chi connectivity index (χ3n) is 3.60. The lowest BCUT2D eigenvalue weighted by Gasteiger charge is -2.47. The average Bonchev–Trinajstić information content (AvgIpc) is 2.17. The largest absolute Gasteiger partial charge is 0.504 e. The summed E-state index contributed by atoms with van der Waals surface area (Å²) in [5.41, 5.74) is 6.97. The van der Waals surface area contributed by atoms with E-state index in [0.717, 1.165) is 24.8 Å². The normalized spacial score (nSPS) is 24.9. The van der Waals surface area contributed by atoms with Gasteiger partial charge in [-0.2, -0.15) is 0 Å². The summed E-state index contributed by atoms with van der Waals surface area (Å²) in [7, 11) is 0. The summed E-state index contributed by atoms with van der Waals surface area (Å²) in [6, 6.07) is 5.41. The second-order valence-corrected chi connectivity index (χ2v) is 4.64. The van der Waals surface area contributed by atoms with Crippen LogP contribution in [0.3, 0.4) is 0 Å².